The number of anilines is 1. The number of benzene rings is 2. The van der Waals surface area contributed by atoms with E-state index in [4.69, 9.17) is 9.97 Å². The molecule has 2 heterocycles. The van der Waals surface area contributed by atoms with Gasteiger partial charge in [-0.1, -0.05) is 25.1 Å². The van der Waals surface area contributed by atoms with Crippen LogP contribution in [0.1, 0.15) is 18.9 Å². The van der Waals surface area contributed by atoms with Gasteiger partial charge in [-0.05, 0) is 49.7 Å². The molecule has 1 aromatic heterocycles. The molecule has 1 aliphatic rings. The third kappa shape index (κ3) is 3.60. The minimum absolute atomic E-state index is 0.211. The van der Waals surface area contributed by atoms with Crippen molar-refractivity contribution in [3.05, 3.63) is 48.0 Å². The average Bonchev–Trinajstić information content (AvgIpc) is 2.68. The first-order valence-electron chi connectivity index (χ1n) is 9.70. The summed E-state index contributed by atoms with van der Waals surface area (Å²) in [5.41, 5.74) is 2.77. The third-order valence-electron chi connectivity index (χ3n) is 5.19. The van der Waals surface area contributed by atoms with Crippen LogP contribution in [0.15, 0.2) is 42.5 Å². The SMILES string of the molecule is CCCN1CCN(c2nc(-c3ccccc3O)nc3cc(C)ccc23)CC1. The van der Waals surface area contributed by atoms with Gasteiger partial charge in [-0.2, -0.15) is 0 Å². The molecule has 0 saturated carbocycles. The largest absolute Gasteiger partial charge is 0.507 e. The van der Waals surface area contributed by atoms with Crippen molar-refractivity contribution in [3.63, 3.8) is 0 Å². The molecule has 5 heteroatoms. The normalized spacial score (nSPS) is 15.4. The van der Waals surface area contributed by atoms with Gasteiger partial charge in [0.25, 0.3) is 0 Å². The van der Waals surface area contributed by atoms with E-state index >= 15 is 0 Å². The molecule has 1 saturated heterocycles. The minimum Gasteiger partial charge on any atom is -0.507 e. The Bertz CT molecular complexity index is 948. The molecule has 0 bridgehead atoms. The van der Waals surface area contributed by atoms with Gasteiger partial charge < -0.3 is 10.0 Å². The van der Waals surface area contributed by atoms with Crippen molar-refractivity contribution in [2.24, 2.45) is 0 Å². The van der Waals surface area contributed by atoms with Crippen LogP contribution in [0.2, 0.25) is 0 Å². The molecule has 2 aromatic carbocycles. The van der Waals surface area contributed by atoms with Crippen molar-refractivity contribution >= 4 is 16.7 Å². The van der Waals surface area contributed by atoms with E-state index in [0.717, 1.165) is 49.4 Å². The lowest BCUT2D eigenvalue weighted by Crippen LogP contribution is -2.47. The van der Waals surface area contributed by atoms with Crippen LogP contribution < -0.4 is 4.90 Å². The summed E-state index contributed by atoms with van der Waals surface area (Å²) in [4.78, 5) is 14.5. The lowest BCUT2D eigenvalue weighted by molar-refractivity contribution is 0.258. The maximum Gasteiger partial charge on any atom is 0.165 e. The van der Waals surface area contributed by atoms with Gasteiger partial charge in [-0.15, -0.1) is 0 Å². The maximum absolute atomic E-state index is 10.3. The predicted molar refractivity (Wildman–Crippen MR) is 110 cm³/mol. The van der Waals surface area contributed by atoms with Gasteiger partial charge in [-0.3, -0.25) is 4.90 Å². The number of aromatic hydroxyl groups is 1. The highest BCUT2D eigenvalue weighted by molar-refractivity contribution is 5.92. The standard InChI is InChI=1S/C22H26N4O/c1-3-10-25-11-13-26(14-12-25)22-17-9-8-16(2)15-19(17)23-21(24-22)18-6-4-5-7-20(18)27/h4-9,15,27H,3,10-14H2,1-2H3. The number of hydrogen-bond donors (Lipinski definition) is 1. The zero-order valence-electron chi connectivity index (χ0n) is 16.0. The Labute approximate surface area is 160 Å². The fraction of sp³-hybridized carbons (Fsp3) is 0.364. The van der Waals surface area contributed by atoms with Gasteiger partial charge in [0.1, 0.15) is 11.6 Å². The molecule has 0 aliphatic carbocycles. The van der Waals surface area contributed by atoms with Crippen LogP contribution in [0.25, 0.3) is 22.3 Å². The van der Waals surface area contributed by atoms with Crippen molar-refractivity contribution in [2.45, 2.75) is 20.3 Å². The van der Waals surface area contributed by atoms with Crippen molar-refractivity contribution in [2.75, 3.05) is 37.6 Å². The van der Waals surface area contributed by atoms with Gasteiger partial charge in [0.05, 0.1) is 11.1 Å². The Kier molecular flexibility index (Phi) is 4.94. The monoisotopic (exact) mass is 362 g/mol. The van der Waals surface area contributed by atoms with Crippen LogP contribution in [-0.2, 0) is 0 Å². The fourth-order valence-corrected chi connectivity index (χ4v) is 3.75. The number of para-hydroxylation sites is 1. The highest BCUT2D eigenvalue weighted by Gasteiger charge is 2.21. The van der Waals surface area contributed by atoms with Gasteiger partial charge in [0.2, 0.25) is 0 Å². The molecule has 0 atom stereocenters. The van der Waals surface area contributed by atoms with E-state index in [2.05, 4.69) is 41.8 Å². The molecular weight excluding hydrogens is 336 g/mol. The summed E-state index contributed by atoms with van der Waals surface area (Å²) in [6, 6.07) is 13.6. The van der Waals surface area contributed by atoms with Gasteiger partial charge in [-0.25, -0.2) is 9.97 Å². The molecule has 1 fully saturated rings. The summed E-state index contributed by atoms with van der Waals surface area (Å²) in [6.45, 7) is 9.48. The number of phenols is 1. The molecule has 27 heavy (non-hydrogen) atoms. The third-order valence-corrected chi connectivity index (χ3v) is 5.19. The zero-order valence-corrected chi connectivity index (χ0v) is 16.0. The lowest BCUT2D eigenvalue weighted by Gasteiger charge is -2.35. The van der Waals surface area contributed by atoms with Crippen molar-refractivity contribution in [1.29, 1.82) is 0 Å². The Morgan fingerprint density at radius 2 is 1.78 bits per heavy atom. The van der Waals surface area contributed by atoms with Crippen LogP contribution in [-0.4, -0.2) is 52.7 Å². The van der Waals surface area contributed by atoms with Crippen LogP contribution in [0.4, 0.5) is 5.82 Å². The first-order valence-corrected chi connectivity index (χ1v) is 9.70. The Hall–Kier alpha value is -2.66. The minimum atomic E-state index is 0.211. The lowest BCUT2D eigenvalue weighted by atomic mass is 10.1. The summed E-state index contributed by atoms with van der Waals surface area (Å²) in [5, 5.41) is 11.4. The van der Waals surface area contributed by atoms with Gasteiger partial charge in [0.15, 0.2) is 5.82 Å². The number of fused-ring (bicyclic) bond motifs is 1. The molecule has 1 N–H and O–H groups in total. The van der Waals surface area contributed by atoms with E-state index in [1.54, 1.807) is 6.07 Å². The summed E-state index contributed by atoms with van der Waals surface area (Å²) in [7, 11) is 0. The summed E-state index contributed by atoms with van der Waals surface area (Å²) in [6.07, 6.45) is 1.19. The number of aryl methyl sites for hydroxylation is 1. The van der Waals surface area contributed by atoms with E-state index < -0.39 is 0 Å². The molecule has 0 amide bonds. The molecule has 3 aromatic rings. The Morgan fingerprint density at radius 3 is 2.52 bits per heavy atom. The zero-order chi connectivity index (χ0) is 18.8. The summed E-state index contributed by atoms with van der Waals surface area (Å²) in [5.74, 6) is 1.76. The second-order valence-electron chi connectivity index (χ2n) is 7.24. The van der Waals surface area contributed by atoms with Gasteiger partial charge in [0, 0.05) is 31.6 Å². The van der Waals surface area contributed by atoms with Crippen molar-refractivity contribution in [3.8, 4) is 17.1 Å². The number of piperazine rings is 1. The first kappa shape index (κ1) is 17.7. The van der Waals surface area contributed by atoms with Crippen LogP contribution in [0.5, 0.6) is 5.75 Å². The molecule has 4 rings (SSSR count). The average molecular weight is 362 g/mol. The highest BCUT2D eigenvalue weighted by atomic mass is 16.3. The van der Waals surface area contributed by atoms with E-state index in [1.165, 1.54) is 12.0 Å². The summed E-state index contributed by atoms with van der Waals surface area (Å²) < 4.78 is 0. The molecule has 0 spiro atoms. The second kappa shape index (κ2) is 7.53. The first-order chi connectivity index (χ1) is 13.2. The number of hydrogen-bond acceptors (Lipinski definition) is 5. The molecule has 5 nitrogen and oxygen atoms in total. The summed E-state index contributed by atoms with van der Waals surface area (Å²) >= 11 is 0. The predicted octanol–water partition coefficient (Wildman–Crippen LogP) is 3.84. The number of nitrogens with zero attached hydrogens (tertiary/aromatic N) is 4. The number of aromatic nitrogens is 2. The molecule has 0 unspecified atom stereocenters. The fourth-order valence-electron chi connectivity index (χ4n) is 3.75. The molecule has 0 radical (unpaired) electrons. The smallest absolute Gasteiger partial charge is 0.165 e. The van der Waals surface area contributed by atoms with E-state index in [-0.39, 0.29) is 5.75 Å². The van der Waals surface area contributed by atoms with Crippen LogP contribution in [0.3, 0.4) is 0 Å². The van der Waals surface area contributed by atoms with Gasteiger partial charge >= 0.3 is 0 Å². The van der Waals surface area contributed by atoms with E-state index in [9.17, 15) is 5.11 Å². The van der Waals surface area contributed by atoms with Crippen LogP contribution >= 0.6 is 0 Å². The van der Waals surface area contributed by atoms with E-state index in [0.29, 0.717) is 11.4 Å². The quantitative estimate of drug-likeness (QED) is 0.764. The molecule has 140 valence electrons. The molecular formula is C22H26N4O. The van der Waals surface area contributed by atoms with Crippen LogP contribution in [0, 0.1) is 6.92 Å². The Morgan fingerprint density at radius 1 is 1.00 bits per heavy atom. The second-order valence-corrected chi connectivity index (χ2v) is 7.24. The topological polar surface area (TPSA) is 52.5 Å². The highest BCUT2D eigenvalue weighted by Crippen LogP contribution is 2.32. The Balaban J connectivity index is 1.78. The van der Waals surface area contributed by atoms with Crippen molar-refractivity contribution in [1.82, 2.24) is 14.9 Å². The maximum atomic E-state index is 10.3. The number of rotatable bonds is 4. The van der Waals surface area contributed by atoms with Crippen molar-refractivity contribution < 1.29 is 5.11 Å². The number of phenolic OH excluding ortho intramolecular Hbond substituents is 1. The molecule has 1 aliphatic heterocycles. The van der Waals surface area contributed by atoms with E-state index in [1.807, 2.05) is 18.2 Å².